The summed E-state index contributed by atoms with van der Waals surface area (Å²) in [6.45, 7) is 7.25. The van der Waals surface area contributed by atoms with Gasteiger partial charge in [0.25, 0.3) is 17.4 Å². The molecule has 0 bridgehead atoms. The summed E-state index contributed by atoms with van der Waals surface area (Å²) in [5.74, 6) is -0.259. The molecule has 1 aliphatic heterocycles. The molecule has 240 valence electrons. The molecule has 2 aliphatic rings. The predicted octanol–water partition coefficient (Wildman–Crippen LogP) is 5.83. The van der Waals surface area contributed by atoms with Crippen LogP contribution in [0.2, 0.25) is 0 Å². The highest BCUT2D eigenvalue weighted by Gasteiger charge is 2.24. The van der Waals surface area contributed by atoms with E-state index in [1.165, 1.54) is 23.0 Å². The zero-order valence-electron chi connectivity index (χ0n) is 26.5. The van der Waals surface area contributed by atoms with Gasteiger partial charge in [0.1, 0.15) is 5.69 Å². The van der Waals surface area contributed by atoms with Gasteiger partial charge in [0, 0.05) is 48.8 Å². The number of nitrogens with one attached hydrogen (secondary N) is 3. The first-order valence-corrected chi connectivity index (χ1v) is 15.7. The normalized spacial score (nSPS) is 14.3. The van der Waals surface area contributed by atoms with E-state index in [2.05, 4.69) is 22.5 Å². The lowest BCUT2D eigenvalue weighted by Gasteiger charge is -2.27. The van der Waals surface area contributed by atoms with Crippen molar-refractivity contribution in [1.82, 2.24) is 9.47 Å². The van der Waals surface area contributed by atoms with Gasteiger partial charge < -0.3 is 30.2 Å². The Morgan fingerprint density at radius 2 is 1.66 bits per heavy atom. The van der Waals surface area contributed by atoms with Crippen molar-refractivity contribution >= 4 is 40.5 Å². The molecule has 1 aromatic heterocycles. The van der Waals surface area contributed by atoms with Crippen molar-refractivity contribution in [1.29, 1.82) is 0 Å². The number of ether oxygens (including phenoxy) is 1. The van der Waals surface area contributed by atoms with Crippen molar-refractivity contribution in [2.75, 3.05) is 42.3 Å². The second kappa shape index (κ2) is 13.5. The second-order valence-electron chi connectivity index (χ2n) is 11.9. The number of nitrogens with zero attached hydrogens (tertiary/aromatic N) is 2. The summed E-state index contributed by atoms with van der Waals surface area (Å²) in [6.07, 6.45) is 5.29. The Morgan fingerprint density at radius 3 is 2.36 bits per heavy atom. The topological polar surface area (TPSA) is 122 Å². The lowest BCUT2D eigenvalue weighted by molar-refractivity contribution is -0.111. The summed E-state index contributed by atoms with van der Waals surface area (Å²) in [5.41, 5.74) is 6.13. The van der Waals surface area contributed by atoms with Gasteiger partial charge in [0.2, 0.25) is 5.91 Å². The highest BCUT2D eigenvalue weighted by molar-refractivity contribution is 6.07. The molecule has 0 atom stereocenters. The summed E-state index contributed by atoms with van der Waals surface area (Å²) in [4.78, 5) is 53.6. The van der Waals surface area contributed by atoms with E-state index >= 15 is 0 Å². The van der Waals surface area contributed by atoms with E-state index < -0.39 is 5.91 Å². The van der Waals surface area contributed by atoms with E-state index in [9.17, 15) is 19.2 Å². The lowest BCUT2D eigenvalue weighted by Crippen LogP contribution is -2.41. The molecule has 47 heavy (non-hydrogen) atoms. The average Bonchev–Trinajstić information content (AvgIpc) is 3.94. The van der Waals surface area contributed by atoms with Gasteiger partial charge in [0.15, 0.2) is 0 Å². The van der Waals surface area contributed by atoms with Crippen LogP contribution in [-0.4, -0.2) is 53.5 Å². The Bertz CT molecular complexity index is 1920. The van der Waals surface area contributed by atoms with E-state index in [4.69, 9.17) is 4.74 Å². The van der Waals surface area contributed by atoms with Gasteiger partial charge in [-0.2, -0.15) is 0 Å². The van der Waals surface area contributed by atoms with Gasteiger partial charge in [-0.3, -0.25) is 19.2 Å². The van der Waals surface area contributed by atoms with Crippen LogP contribution in [0.25, 0.3) is 11.1 Å². The zero-order chi connectivity index (χ0) is 33.1. The molecule has 0 unspecified atom stereocenters. The number of hydrogen-bond acceptors (Lipinski definition) is 6. The molecular formula is C37H37N5O5. The first-order valence-electron chi connectivity index (χ1n) is 15.7. The van der Waals surface area contributed by atoms with Gasteiger partial charge >= 0.3 is 0 Å². The van der Waals surface area contributed by atoms with Crippen LogP contribution in [0.1, 0.15) is 50.6 Å². The van der Waals surface area contributed by atoms with Gasteiger partial charge in [0.05, 0.1) is 24.5 Å². The fourth-order valence-corrected chi connectivity index (χ4v) is 5.74. The number of aryl methyl sites for hydroxylation is 1. The summed E-state index contributed by atoms with van der Waals surface area (Å²) in [7, 11) is 1.67. The van der Waals surface area contributed by atoms with Crippen molar-refractivity contribution in [2.24, 2.45) is 7.05 Å². The van der Waals surface area contributed by atoms with Crippen LogP contribution in [-0.2, 0) is 16.6 Å². The molecule has 2 heterocycles. The fraction of sp³-hybridized carbons (Fsp3) is 0.243. The number of carbonyl (C=O) groups excluding carboxylic acids is 3. The monoisotopic (exact) mass is 631 g/mol. The van der Waals surface area contributed by atoms with Gasteiger partial charge in [-0.1, -0.05) is 30.8 Å². The van der Waals surface area contributed by atoms with Crippen molar-refractivity contribution in [3.05, 3.63) is 118 Å². The molecule has 1 saturated carbocycles. The summed E-state index contributed by atoms with van der Waals surface area (Å²) in [5, 5.41) is 8.95. The molecule has 1 saturated heterocycles. The molecule has 4 aromatic rings. The van der Waals surface area contributed by atoms with Crippen molar-refractivity contribution in [3.63, 3.8) is 0 Å². The SMILES string of the molecule is C=CC(=O)Nc1cc(Nc2cc(-c3cccc(NC(=O)c4ccc(C5CC5)cc4)c3C)cn(C)c2=O)ccc1C(=O)N1CCOCC1. The smallest absolute Gasteiger partial charge is 0.274 e. The Kier molecular flexibility index (Phi) is 9.03. The predicted molar refractivity (Wildman–Crippen MR) is 184 cm³/mol. The van der Waals surface area contributed by atoms with Crippen LogP contribution >= 0.6 is 0 Å². The van der Waals surface area contributed by atoms with Crippen LogP contribution in [0.4, 0.5) is 22.7 Å². The van der Waals surface area contributed by atoms with Crippen LogP contribution in [0.5, 0.6) is 0 Å². The van der Waals surface area contributed by atoms with E-state index in [0.29, 0.717) is 66.1 Å². The maximum absolute atomic E-state index is 13.3. The molecule has 0 radical (unpaired) electrons. The molecule has 3 aromatic carbocycles. The average molecular weight is 632 g/mol. The number of hydrogen-bond donors (Lipinski definition) is 3. The molecular weight excluding hydrogens is 594 g/mol. The Hall–Kier alpha value is -5.48. The fourth-order valence-electron chi connectivity index (χ4n) is 5.74. The largest absolute Gasteiger partial charge is 0.378 e. The lowest BCUT2D eigenvalue weighted by atomic mass is 9.99. The Balaban J connectivity index is 1.27. The molecule has 0 spiro atoms. The number of carbonyl (C=O) groups is 3. The van der Waals surface area contributed by atoms with E-state index in [1.807, 2.05) is 49.4 Å². The number of aromatic nitrogens is 1. The molecule has 3 N–H and O–H groups in total. The van der Waals surface area contributed by atoms with Crippen molar-refractivity contribution in [3.8, 4) is 11.1 Å². The van der Waals surface area contributed by atoms with Crippen LogP contribution < -0.4 is 21.5 Å². The maximum Gasteiger partial charge on any atom is 0.274 e. The number of anilines is 4. The number of rotatable bonds is 9. The number of benzene rings is 3. The molecule has 1 aliphatic carbocycles. The van der Waals surface area contributed by atoms with Gasteiger partial charge in [-0.15, -0.1) is 0 Å². The Labute approximate surface area is 273 Å². The zero-order valence-corrected chi connectivity index (χ0v) is 26.5. The van der Waals surface area contributed by atoms with Crippen LogP contribution in [0, 0.1) is 6.92 Å². The summed E-state index contributed by atoms with van der Waals surface area (Å²) in [6, 6.07) is 20.2. The third-order valence-electron chi connectivity index (χ3n) is 8.57. The van der Waals surface area contributed by atoms with Crippen molar-refractivity contribution in [2.45, 2.75) is 25.7 Å². The summed E-state index contributed by atoms with van der Waals surface area (Å²) >= 11 is 0. The third kappa shape index (κ3) is 7.02. The number of amides is 3. The van der Waals surface area contributed by atoms with E-state index in [-0.39, 0.29) is 17.4 Å². The summed E-state index contributed by atoms with van der Waals surface area (Å²) < 4.78 is 6.86. The second-order valence-corrected chi connectivity index (χ2v) is 11.9. The quantitative estimate of drug-likeness (QED) is 0.200. The molecule has 2 fully saturated rings. The van der Waals surface area contributed by atoms with Gasteiger partial charge in [-0.25, -0.2) is 0 Å². The highest BCUT2D eigenvalue weighted by Crippen LogP contribution is 2.40. The van der Waals surface area contributed by atoms with Crippen LogP contribution in [0.3, 0.4) is 0 Å². The molecule has 3 amide bonds. The van der Waals surface area contributed by atoms with E-state index in [0.717, 1.165) is 22.8 Å². The maximum atomic E-state index is 13.3. The first kappa shape index (κ1) is 31.5. The highest BCUT2D eigenvalue weighted by atomic mass is 16.5. The minimum absolute atomic E-state index is 0.190. The van der Waals surface area contributed by atoms with Crippen molar-refractivity contribution < 1.29 is 19.1 Å². The number of pyridine rings is 1. The Morgan fingerprint density at radius 1 is 0.915 bits per heavy atom. The van der Waals surface area contributed by atoms with E-state index in [1.54, 1.807) is 42.4 Å². The minimum Gasteiger partial charge on any atom is -0.378 e. The number of morpholine rings is 1. The molecule has 10 heteroatoms. The standard InChI is InChI=1S/C37H37N5O5/c1-4-34(43)39-32-21-28(14-15-30(32)36(45)42-16-18-47-19-17-42)38-33-20-27(22-41(3)37(33)46)29-6-5-7-31(23(29)2)40-35(44)26-12-10-25(11-13-26)24-8-9-24/h4-7,10-15,20-22,24,38H,1,8-9,16-19H2,2-3H3,(H,39,43)(H,40,44). The molecule has 10 nitrogen and oxygen atoms in total. The minimum atomic E-state index is -0.464. The van der Waals surface area contributed by atoms with Crippen LogP contribution in [0.15, 0.2) is 90.4 Å². The first-order chi connectivity index (χ1) is 22.7. The van der Waals surface area contributed by atoms with Gasteiger partial charge in [-0.05, 0) is 90.9 Å². The third-order valence-corrected chi connectivity index (χ3v) is 8.57. The molecule has 6 rings (SSSR count).